The zero-order valence-electron chi connectivity index (χ0n) is 12.8. The van der Waals surface area contributed by atoms with Crippen LogP contribution < -0.4 is 5.73 Å². The molecular formula is C15H21N5O. The van der Waals surface area contributed by atoms with Gasteiger partial charge in [0.2, 0.25) is 5.91 Å². The molecule has 0 aromatic carbocycles. The summed E-state index contributed by atoms with van der Waals surface area (Å²) in [5.74, 6) is 1.28. The minimum Gasteiger partial charge on any atom is -0.383 e. The molecule has 2 N–H and O–H groups in total. The van der Waals surface area contributed by atoms with E-state index in [1.165, 1.54) is 0 Å². The maximum atomic E-state index is 12.4. The van der Waals surface area contributed by atoms with E-state index < -0.39 is 0 Å². The first kappa shape index (κ1) is 13.9. The van der Waals surface area contributed by atoms with Crippen LogP contribution >= 0.6 is 0 Å². The molecule has 1 aliphatic rings. The molecule has 0 atom stereocenters. The van der Waals surface area contributed by atoms with Crippen molar-refractivity contribution in [3.63, 3.8) is 0 Å². The third-order valence-electron chi connectivity index (χ3n) is 4.36. The lowest BCUT2D eigenvalue weighted by Crippen LogP contribution is -2.31. The highest BCUT2D eigenvalue weighted by Gasteiger charge is 2.22. The summed E-state index contributed by atoms with van der Waals surface area (Å²) in [6, 6.07) is 0. The molecule has 6 nitrogen and oxygen atoms in total. The predicted octanol–water partition coefficient (Wildman–Crippen LogP) is 1.56. The third-order valence-corrected chi connectivity index (χ3v) is 4.36. The first-order valence-corrected chi connectivity index (χ1v) is 7.36. The highest BCUT2D eigenvalue weighted by atomic mass is 16.2. The molecule has 1 saturated heterocycles. The molecule has 0 aliphatic carbocycles. The number of carbonyl (C=O) groups excluding carboxylic acids is 1. The Morgan fingerprint density at radius 1 is 1.19 bits per heavy atom. The summed E-state index contributed by atoms with van der Waals surface area (Å²) in [5.41, 5.74) is 8.88. The van der Waals surface area contributed by atoms with Gasteiger partial charge >= 0.3 is 0 Å². The summed E-state index contributed by atoms with van der Waals surface area (Å²) in [7, 11) is 0. The number of fused-ring (bicyclic) bond motifs is 1. The summed E-state index contributed by atoms with van der Waals surface area (Å²) in [5, 5.41) is 0.868. The van der Waals surface area contributed by atoms with Crippen LogP contribution in [0.3, 0.4) is 0 Å². The summed E-state index contributed by atoms with van der Waals surface area (Å²) in [6.45, 7) is 7.89. The highest BCUT2D eigenvalue weighted by Crippen LogP contribution is 2.27. The SMILES string of the molecule is Cc1nc(N)c2c(C)c(C)n(CC(=O)N3CCCC3)c2n1. The Bertz CT molecular complexity index is 713. The van der Waals surface area contributed by atoms with Gasteiger partial charge in [0.15, 0.2) is 0 Å². The second kappa shape index (κ2) is 5.02. The van der Waals surface area contributed by atoms with E-state index in [0.29, 0.717) is 18.2 Å². The van der Waals surface area contributed by atoms with Crippen molar-refractivity contribution >= 4 is 22.8 Å². The molecule has 1 amide bonds. The van der Waals surface area contributed by atoms with E-state index in [0.717, 1.165) is 48.2 Å². The molecule has 3 heterocycles. The number of hydrogen-bond acceptors (Lipinski definition) is 4. The number of rotatable bonds is 2. The van der Waals surface area contributed by atoms with Gasteiger partial charge in [-0.1, -0.05) is 0 Å². The Morgan fingerprint density at radius 2 is 1.86 bits per heavy atom. The molecule has 0 saturated carbocycles. The van der Waals surface area contributed by atoms with E-state index in [9.17, 15) is 4.79 Å². The van der Waals surface area contributed by atoms with Crippen molar-refractivity contribution in [2.75, 3.05) is 18.8 Å². The van der Waals surface area contributed by atoms with Crippen LogP contribution in [0.25, 0.3) is 11.0 Å². The Morgan fingerprint density at radius 3 is 2.52 bits per heavy atom. The third kappa shape index (κ3) is 2.24. The number of carbonyl (C=O) groups is 1. The number of likely N-dealkylation sites (tertiary alicyclic amines) is 1. The van der Waals surface area contributed by atoms with Crippen molar-refractivity contribution in [1.82, 2.24) is 19.4 Å². The lowest BCUT2D eigenvalue weighted by molar-refractivity contribution is -0.130. The van der Waals surface area contributed by atoms with Gasteiger partial charge in [-0.05, 0) is 39.2 Å². The van der Waals surface area contributed by atoms with E-state index in [4.69, 9.17) is 5.73 Å². The predicted molar refractivity (Wildman–Crippen MR) is 82.0 cm³/mol. The van der Waals surface area contributed by atoms with Crippen LogP contribution in [-0.2, 0) is 11.3 Å². The van der Waals surface area contributed by atoms with Crippen LogP contribution in [0.15, 0.2) is 0 Å². The summed E-state index contributed by atoms with van der Waals surface area (Å²) in [4.78, 5) is 23.1. The Balaban J connectivity index is 2.05. The van der Waals surface area contributed by atoms with E-state index in [1.54, 1.807) is 0 Å². The molecule has 0 spiro atoms. The van der Waals surface area contributed by atoms with E-state index in [2.05, 4.69) is 9.97 Å². The summed E-state index contributed by atoms with van der Waals surface area (Å²) < 4.78 is 1.97. The monoisotopic (exact) mass is 287 g/mol. The number of amides is 1. The fraction of sp³-hybridized carbons (Fsp3) is 0.533. The minimum absolute atomic E-state index is 0.155. The van der Waals surface area contributed by atoms with Crippen molar-refractivity contribution in [1.29, 1.82) is 0 Å². The summed E-state index contributed by atoms with van der Waals surface area (Å²) in [6.07, 6.45) is 2.20. The number of hydrogen-bond donors (Lipinski definition) is 1. The summed E-state index contributed by atoms with van der Waals surface area (Å²) >= 11 is 0. The smallest absolute Gasteiger partial charge is 0.242 e. The number of aryl methyl sites for hydroxylation is 2. The molecule has 2 aromatic heterocycles. The topological polar surface area (TPSA) is 77.0 Å². The maximum Gasteiger partial charge on any atom is 0.242 e. The zero-order chi connectivity index (χ0) is 15.1. The Labute approximate surface area is 124 Å². The van der Waals surface area contributed by atoms with Crippen LogP contribution in [0, 0.1) is 20.8 Å². The lowest BCUT2D eigenvalue weighted by Gasteiger charge is -2.16. The van der Waals surface area contributed by atoms with Crippen LogP contribution in [-0.4, -0.2) is 38.4 Å². The van der Waals surface area contributed by atoms with Crippen molar-refractivity contribution in [2.45, 2.75) is 40.2 Å². The molecule has 3 rings (SSSR count). The highest BCUT2D eigenvalue weighted by molar-refractivity contribution is 5.92. The van der Waals surface area contributed by atoms with Gasteiger partial charge in [-0.15, -0.1) is 0 Å². The first-order valence-electron chi connectivity index (χ1n) is 7.36. The van der Waals surface area contributed by atoms with Crippen LogP contribution in [0.4, 0.5) is 5.82 Å². The molecule has 112 valence electrons. The molecule has 6 heteroatoms. The normalized spacial score (nSPS) is 15.1. The van der Waals surface area contributed by atoms with Crippen LogP contribution in [0.2, 0.25) is 0 Å². The van der Waals surface area contributed by atoms with Gasteiger partial charge in [-0.3, -0.25) is 4.79 Å². The number of aromatic nitrogens is 3. The van der Waals surface area contributed by atoms with Crippen LogP contribution in [0.1, 0.15) is 29.9 Å². The minimum atomic E-state index is 0.155. The second-order valence-electron chi connectivity index (χ2n) is 5.74. The maximum absolute atomic E-state index is 12.4. The van der Waals surface area contributed by atoms with Gasteiger partial charge in [0, 0.05) is 18.8 Å². The second-order valence-corrected chi connectivity index (χ2v) is 5.74. The van der Waals surface area contributed by atoms with Gasteiger partial charge < -0.3 is 15.2 Å². The van der Waals surface area contributed by atoms with Gasteiger partial charge in [-0.2, -0.15) is 0 Å². The van der Waals surface area contributed by atoms with Gasteiger partial charge in [0.25, 0.3) is 0 Å². The largest absolute Gasteiger partial charge is 0.383 e. The molecule has 0 radical (unpaired) electrons. The van der Waals surface area contributed by atoms with Gasteiger partial charge in [0.1, 0.15) is 23.8 Å². The lowest BCUT2D eigenvalue weighted by atomic mass is 10.2. The number of anilines is 1. The Kier molecular flexibility index (Phi) is 3.31. The van der Waals surface area contributed by atoms with E-state index in [-0.39, 0.29) is 5.91 Å². The molecule has 21 heavy (non-hydrogen) atoms. The average Bonchev–Trinajstić information content (AvgIpc) is 3.02. The van der Waals surface area contributed by atoms with Crippen molar-refractivity contribution in [3.8, 4) is 0 Å². The standard InChI is InChI=1S/C15H21N5O/c1-9-10(2)20(8-12(21)19-6-4-5-7-19)15-13(9)14(16)17-11(3)18-15/h4-8H2,1-3H3,(H2,16,17,18). The average molecular weight is 287 g/mol. The van der Waals surface area contributed by atoms with Crippen molar-refractivity contribution in [3.05, 3.63) is 17.1 Å². The number of nitrogens with zero attached hydrogens (tertiary/aromatic N) is 4. The molecule has 0 unspecified atom stereocenters. The fourth-order valence-electron chi connectivity index (χ4n) is 3.07. The van der Waals surface area contributed by atoms with Gasteiger partial charge in [0.05, 0.1) is 5.39 Å². The quantitative estimate of drug-likeness (QED) is 0.909. The number of nitrogen functional groups attached to an aromatic ring is 1. The molecule has 1 aliphatic heterocycles. The van der Waals surface area contributed by atoms with E-state index in [1.807, 2.05) is 30.2 Å². The molecular weight excluding hydrogens is 266 g/mol. The van der Waals surface area contributed by atoms with E-state index >= 15 is 0 Å². The van der Waals surface area contributed by atoms with Crippen LogP contribution in [0.5, 0.6) is 0 Å². The first-order chi connectivity index (χ1) is 9.99. The molecule has 1 fully saturated rings. The Hall–Kier alpha value is -2.11. The zero-order valence-corrected chi connectivity index (χ0v) is 12.8. The fourth-order valence-corrected chi connectivity index (χ4v) is 3.07. The van der Waals surface area contributed by atoms with Crippen molar-refractivity contribution < 1.29 is 4.79 Å². The molecule has 2 aromatic rings. The van der Waals surface area contributed by atoms with Gasteiger partial charge in [-0.25, -0.2) is 9.97 Å². The number of nitrogens with two attached hydrogens (primary N) is 1. The van der Waals surface area contributed by atoms with Crippen molar-refractivity contribution in [2.24, 2.45) is 0 Å². The molecule has 0 bridgehead atoms.